The van der Waals surface area contributed by atoms with Crippen molar-refractivity contribution in [2.45, 2.75) is 19.8 Å². The normalized spacial score (nSPS) is 21.0. The van der Waals surface area contributed by atoms with Crippen molar-refractivity contribution in [3.05, 3.63) is 51.2 Å². The Kier molecular flexibility index (Phi) is 4.04. The molecule has 2 rings (SSSR count). The van der Waals surface area contributed by atoms with Crippen molar-refractivity contribution >= 4 is 17.4 Å². The van der Waals surface area contributed by atoms with Crippen LogP contribution in [-0.2, 0) is 9.59 Å². The molecular weight excluding hydrogens is 286 g/mol. The number of benzene rings is 1. The van der Waals surface area contributed by atoms with E-state index in [1.165, 1.54) is 31.2 Å². The highest BCUT2D eigenvalue weighted by Gasteiger charge is 2.39. The summed E-state index contributed by atoms with van der Waals surface area (Å²) < 4.78 is 0. The van der Waals surface area contributed by atoms with Gasteiger partial charge in [-0.1, -0.05) is 12.1 Å². The van der Waals surface area contributed by atoms with Crippen LogP contribution in [-0.4, -0.2) is 16.6 Å². The molecule has 1 heterocycles. The Morgan fingerprint density at radius 2 is 1.95 bits per heavy atom. The molecule has 7 heteroatoms. The number of rotatable bonds is 3. The average molecular weight is 299 g/mol. The smallest absolute Gasteiger partial charge is 0.269 e. The lowest BCUT2D eigenvalue weighted by atomic mass is 9.76. The molecule has 0 radical (unpaired) electrons. The molecule has 0 aromatic heterocycles. The number of nitro groups is 1. The van der Waals surface area contributed by atoms with Gasteiger partial charge in [0.05, 0.1) is 11.0 Å². The van der Waals surface area contributed by atoms with E-state index < -0.39 is 22.7 Å². The zero-order valence-corrected chi connectivity index (χ0v) is 12.0. The lowest BCUT2D eigenvalue weighted by molar-refractivity contribution is -0.384. The summed E-state index contributed by atoms with van der Waals surface area (Å²) in [6.07, 6.45) is 0. The molecule has 1 aromatic rings. The molecule has 1 aliphatic rings. The Labute approximate surface area is 126 Å². The number of nitrogens with one attached hydrogen (secondary N) is 1. The Morgan fingerprint density at radius 1 is 1.36 bits per heavy atom. The first-order valence-electron chi connectivity index (χ1n) is 6.53. The van der Waals surface area contributed by atoms with Crippen LogP contribution in [0.25, 0.3) is 0 Å². The van der Waals surface area contributed by atoms with Crippen LogP contribution in [0.4, 0.5) is 5.69 Å². The highest BCUT2D eigenvalue weighted by Crippen LogP contribution is 2.37. The van der Waals surface area contributed by atoms with E-state index in [0.29, 0.717) is 16.8 Å². The van der Waals surface area contributed by atoms with Gasteiger partial charge in [-0.2, -0.15) is 5.26 Å². The minimum atomic E-state index is -1.05. The van der Waals surface area contributed by atoms with Crippen molar-refractivity contribution in [3.8, 4) is 6.07 Å². The van der Waals surface area contributed by atoms with Crippen LogP contribution in [0.1, 0.15) is 25.3 Å². The summed E-state index contributed by atoms with van der Waals surface area (Å²) in [5.74, 6) is -2.50. The molecule has 0 fully saturated rings. The zero-order chi connectivity index (χ0) is 16.4. The molecular formula is C15H13N3O4. The molecule has 1 aromatic carbocycles. The quantitative estimate of drug-likeness (QED) is 0.675. The third-order valence-corrected chi connectivity index (χ3v) is 3.62. The summed E-state index contributed by atoms with van der Waals surface area (Å²) in [6, 6.07) is 7.45. The fourth-order valence-electron chi connectivity index (χ4n) is 2.66. The van der Waals surface area contributed by atoms with Gasteiger partial charge in [-0.25, -0.2) is 0 Å². The minimum Gasteiger partial charge on any atom is -0.328 e. The predicted octanol–water partition coefficient (Wildman–Crippen LogP) is 1.81. The largest absolute Gasteiger partial charge is 0.328 e. The van der Waals surface area contributed by atoms with E-state index in [2.05, 4.69) is 5.32 Å². The first-order chi connectivity index (χ1) is 10.4. The van der Waals surface area contributed by atoms with E-state index in [0.717, 1.165) is 0 Å². The fourth-order valence-corrected chi connectivity index (χ4v) is 2.66. The van der Waals surface area contributed by atoms with Crippen molar-refractivity contribution in [3.63, 3.8) is 0 Å². The summed E-state index contributed by atoms with van der Waals surface area (Å²) >= 11 is 0. The maximum atomic E-state index is 12.0. The third-order valence-electron chi connectivity index (χ3n) is 3.62. The Hall–Kier alpha value is -3.01. The summed E-state index contributed by atoms with van der Waals surface area (Å²) in [6.45, 7) is 2.96. The number of hydrogen-bond acceptors (Lipinski definition) is 5. The molecule has 112 valence electrons. The zero-order valence-electron chi connectivity index (χ0n) is 12.0. The van der Waals surface area contributed by atoms with Crippen LogP contribution in [0.15, 0.2) is 35.5 Å². The van der Waals surface area contributed by atoms with Crippen molar-refractivity contribution in [2.75, 3.05) is 0 Å². The highest BCUT2D eigenvalue weighted by atomic mass is 16.6. The summed E-state index contributed by atoms with van der Waals surface area (Å²) in [4.78, 5) is 34.1. The molecule has 0 spiro atoms. The molecule has 0 aliphatic carbocycles. The number of nitro benzene ring substituents is 1. The van der Waals surface area contributed by atoms with Crippen molar-refractivity contribution in [1.82, 2.24) is 5.32 Å². The number of Topliss-reactive ketones (excluding diaryl/α,β-unsaturated/α-hetero) is 1. The second-order valence-electron chi connectivity index (χ2n) is 5.02. The molecule has 1 aliphatic heterocycles. The van der Waals surface area contributed by atoms with Gasteiger partial charge in [-0.3, -0.25) is 19.7 Å². The summed E-state index contributed by atoms with van der Waals surface area (Å²) in [7, 11) is 0. The van der Waals surface area contributed by atoms with Crippen LogP contribution < -0.4 is 5.32 Å². The number of nitriles is 1. The monoisotopic (exact) mass is 299 g/mol. The number of carbonyl (C=O) groups is 2. The van der Waals surface area contributed by atoms with Gasteiger partial charge in [0.25, 0.3) is 5.69 Å². The SMILES string of the molecule is CC(=O)C1=C(C)NC(=O)C(C#N)C1c1ccc([N+](=O)[O-])cc1. The van der Waals surface area contributed by atoms with E-state index in [1.54, 1.807) is 6.92 Å². The van der Waals surface area contributed by atoms with Crippen molar-refractivity contribution in [2.24, 2.45) is 5.92 Å². The van der Waals surface area contributed by atoms with E-state index in [-0.39, 0.29) is 11.5 Å². The Bertz CT molecular complexity index is 728. The van der Waals surface area contributed by atoms with Crippen LogP contribution in [0.2, 0.25) is 0 Å². The molecule has 2 unspecified atom stereocenters. The Morgan fingerprint density at radius 3 is 2.41 bits per heavy atom. The van der Waals surface area contributed by atoms with Gasteiger partial charge in [0, 0.05) is 29.3 Å². The van der Waals surface area contributed by atoms with Gasteiger partial charge < -0.3 is 5.32 Å². The molecule has 0 bridgehead atoms. The van der Waals surface area contributed by atoms with Crippen LogP contribution >= 0.6 is 0 Å². The lowest BCUT2D eigenvalue weighted by Crippen LogP contribution is -2.40. The van der Waals surface area contributed by atoms with E-state index in [4.69, 9.17) is 0 Å². The van der Waals surface area contributed by atoms with Gasteiger partial charge >= 0.3 is 0 Å². The van der Waals surface area contributed by atoms with Gasteiger partial charge in [-0.05, 0) is 19.4 Å². The average Bonchev–Trinajstić information content (AvgIpc) is 2.46. The number of ketones is 1. The molecule has 2 atom stereocenters. The first-order valence-corrected chi connectivity index (χ1v) is 6.53. The maximum Gasteiger partial charge on any atom is 0.269 e. The topological polar surface area (TPSA) is 113 Å². The maximum absolute atomic E-state index is 12.0. The molecule has 1 N–H and O–H groups in total. The number of non-ortho nitro benzene ring substituents is 1. The van der Waals surface area contributed by atoms with Gasteiger partial charge in [0.2, 0.25) is 5.91 Å². The van der Waals surface area contributed by atoms with Gasteiger partial charge in [-0.15, -0.1) is 0 Å². The van der Waals surface area contributed by atoms with E-state index >= 15 is 0 Å². The second-order valence-corrected chi connectivity index (χ2v) is 5.02. The number of amides is 1. The first kappa shape index (κ1) is 15.4. The highest BCUT2D eigenvalue weighted by molar-refractivity contribution is 6.00. The predicted molar refractivity (Wildman–Crippen MR) is 76.5 cm³/mol. The molecule has 22 heavy (non-hydrogen) atoms. The lowest BCUT2D eigenvalue weighted by Gasteiger charge is -2.30. The van der Waals surface area contributed by atoms with E-state index in [1.807, 2.05) is 6.07 Å². The molecule has 0 saturated heterocycles. The number of allylic oxidation sites excluding steroid dienone is 2. The summed E-state index contributed by atoms with van der Waals surface area (Å²) in [5, 5.41) is 22.5. The third kappa shape index (κ3) is 2.59. The van der Waals surface area contributed by atoms with Crippen molar-refractivity contribution in [1.29, 1.82) is 5.26 Å². The fraction of sp³-hybridized carbons (Fsp3) is 0.267. The number of hydrogen-bond donors (Lipinski definition) is 1. The number of carbonyl (C=O) groups excluding carboxylic acids is 2. The minimum absolute atomic E-state index is 0.0948. The summed E-state index contributed by atoms with van der Waals surface area (Å²) in [5.41, 5.74) is 1.19. The van der Waals surface area contributed by atoms with Crippen LogP contribution in [0.5, 0.6) is 0 Å². The molecule has 1 amide bonds. The van der Waals surface area contributed by atoms with Crippen LogP contribution in [0.3, 0.4) is 0 Å². The van der Waals surface area contributed by atoms with E-state index in [9.17, 15) is 25.0 Å². The molecule has 0 saturated carbocycles. The van der Waals surface area contributed by atoms with Gasteiger partial charge in [0.15, 0.2) is 5.78 Å². The van der Waals surface area contributed by atoms with Crippen molar-refractivity contribution < 1.29 is 14.5 Å². The molecule has 7 nitrogen and oxygen atoms in total. The standard InChI is InChI=1S/C15H13N3O4/c1-8-13(9(2)19)14(12(7-16)15(20)17-8)10-3-5-11(6-4-10)18(21)22/h3-6,12,14H,1-2H3,(H,17,20). The number of nitrogens with zero attached hydrogens (tertiary/aromatic N) is 2. The second kappa shape index (κ2) is 5.77. The Balaban J connectivity index is 2.58. The van der Waals surface area contributed by atoms with Crippen LogP contribution in [0, 0.1) is 27.4 Å². The van der Waals surface area contributed by atoms with Gasteiger partial charge in [0.1, 0.15) is 5.92 Å².